The van der Waals surface area contributed by atoms with Crippen molar-refractivity contribution >= 4 is 27.4 Å². The molecule has 0 saturated heterocycles. The maximum atomic E-state index is 11.2. The Morgan fingerprint density at radius 3 is 2.77 bits per heavy atom. The maximum Gasteiger partial charge on any atom is 0.340 e. The summed E-state index contributed by atoms with van der Waals surface area (Å²) in [7, 11) is 0. The number of thiophene rings is 1. The van der Waals surface area contributed by atoms with Crippen molar-refractivity contribution in [3.63, 3.8) is 0 Å². The van der Waals surface area contributed by atoms with Crippen molar-refractivity contribution in [1.29, 1.82) is 0 Å². The molecule has 130 valence electrons. The highest BCUT2D eigenvalue weighted by atomic mass is 32.1. The van der Waals surface area contributed by atoms with Gasteiger partial charge in [0.1, 0.15) is 22.3 Å². The second-order valence-corrected chi connectivity index (χ2v) is 7.24. The minimum atomic E-state index is -0.311. The van der Waals surface area contributed by atoms with E-state index < -0.39 is 0 Å². The summed E-state index contributed by atoms with van der Waals surface area (Å²) in [5, 5.41) is 12.8. The molecule has 1 aromatic carbocycles. The maximum absolute atomic E-state index is 11.2. The Balaban J connectivity index is 1.60. The van der Waals surface area contributed by atoms with Crippen LogP contribution < -0.4 is 11.0 Å². The zero-order chi connectivity index (χ0) is 17.5. The average molecular weight is 364 g/mol. The number of aromatic nitrogens is 5. The molecule has 1 saturated carbocycles. The van der Waals surface area contributed by atoms with Gasteiger partial charge in [-0.3, -0.25) is 4.98 Å². The third kappa shape index (κ3) is 2.78. The fourth-order valence-electron chi connectivity index (χ4n) is 3.00. The summed E-state index contributed by atoms with van der Waals surface area (Å²) < 4.78 is 0. The van der Waals surface area contributed by atoms with E-state index in [4.69, 9.17) is 9.97 Å². The van der Waals surface area contributed by atoms with E-state index in [1.807, 2.05) is 18.2 Å². The van der Waals surface area contributed by atoms with E-state index in [0.29, 0.717) is 18.3 Å². The molecule has 7 nitrogen and oxygen atoms in total. The molecule has 0 bridgehead atoms. The van der Waals surface area contributed by atoms with E-state index in [9.17, 15) is 4.79 Å². The van der Waals surface area contributed by atoms with Gasteiger partial charge in [-0.1, -0.05) is 30.3 Å². The van der Waals surface area contributed by atoms with Gasteiger partial charge in [0.05, 0.1) is 11.9 Å². The van der Waals surface area contributed by atoms with Crippen LogP contribution in [0.5, 0.6) is 0 Å². The monoisotopic (exact) mass is 364 g/mol. The summed E-state index contributed by atoms with van der Waals surface area (Å²) in [5.74, 6) is 2.71. The lowest BCUT2D eigenvalue weighted by Crippen LogP contribution is -2.07. The van der Waals surface area contributed by atoms with Crippen LogP contribution >= 0.6 is 11.3 Å². The Hall–Kier alpha value is -3.00. The Bertz CT molecular complexity index is 1130. The van der Waals surface area contributed by atoms with Crippen molar-refractivity contribution in [3.05, 3.63) is 57.8 Å². The van der Waals surface area contributed by atoms with Gasteiger partial charge in [-0.2, -0.15) is 5.10 Å². The van der Waals surface area contributed by atoms with E-state index in [-0.39, 0.29) is 5.69 Å². The third-order valence-electron chi connectivity index (χ3n) is 4.45. The summed E-state index contributed by atoms with van der Waals surface area (Å²) in [6, 6.07) is 10.2. The molecular formula is C18H16N6OS. The number of aromatic amines is 2. The van der Waals surface area contributed by atoms with Gasteiger partial charge in [-0.15, -0.1) is 11.3 Å². The number of hydrogen-bond acceptors (Lipinski definition) is 6. The first-order valence-electron chi connectivity index (χ1n) is 8.50. The van der Waals surface area contributed by atoms with Crippen LogP contribution in [0.15, 0.2) is 40.5 Å². The number of nitrogens with zero attached hydrogens (tertiary/aromatic N) is 3. The van der Waals surface area contributed by atoms with Crippen molar-refractivity contribution in [2.24, 2.45) is 0 Å². The van der Waals surface area contributed by atoms with E-state index >= 15 is 0 Å². The van der Waals surface area contributed by atoms with Crippen LogP contribution in [0.1, 0.15) is 30.4 Å². The summed E-state index contributed by atoms with van der Waals surface area (Å²) in [5.41, 5.74) is 1.94. The zero-order valence-corrected chi connectivity index (χ0v) is 14.6. The molecule has 4 aromatic rings. The van der Waals surface area contributed by atoms with E-state index in [1.54, 1.807) is 11.3 Å². The molecule has 0 spiro atoms. The van der Waals surface area contributed by atoms with Gasteiger partial charge in [0.25, 0.3) is 0 Å². The van der Waals surface area contributed by atoms with Crippen LogP contribution in [0.2, 0.25) is 0 Å². The largest absolute Gasteiger partial charge is 0.362 e. The predicted octanol–water partition coefficient (Wildman–Crippen LogP) is 3.26. The molecule has 0 aliphatic heterocycles. The molecule has 1 aliphatic carbocycles. The van der Waals surface area contributed by atoms with Gasteiger partial charge < -0.3 is 5.32 Å². The van der Waals surface area contributed by atoms with Gasteiger partial charge in [-0.25, -0.2) is 19.9 Å². The second-order valence-electron chi connectivity index (χ2n) is 6.38. The fourth-order valence-corrected chi connectivity index (χ4v) is 3.95. The molecule has 0 atom stereocenters. The Labute approximate surface area is 152 Å². The normalized spacial score (nSPS) is 14.0. The van der Waals surface area contributed by atoms with Gasteiger partial charge >= 0.3 is 5.69 Å². The number of H-pyrrole nitrogens is 2. The number of nitrogens with one attached hydrogen (secondary N) is 3. The molecule has 1 aliphatic rings. The molecule has 8 heteroatoms. The number of benzene rings is 1. The summed E-state index contributed by atoms with van der Waals surface area (Å²) in [4.78, 5) is 24.5. The van der Waals surface area contributed by atoms with Gasteiger partial charge in [-0.05, 0) is 18.4 Å². The second kappa shape index (κ2) is 6.06. The third-order valence-corrected chi connectivity index (χ3v) is 5.32. The first-order valence-corrected chi connectivity index (χ1v) is 9.38. The molecule has 3 heterocycles. The van der Waals surface area contributed by atoms with Crippen LogP contribution in [0.3, 0.4) is 0 Å². The highest BCUT2D eigenvalue weighted by molar-refractivity contribution is 7.17. The highest BCUT2D eigenvalue weighted by Gasteiger charge is 2.28. The lowest BCUT2D eigenvalue weighted by atomic mass is 10.1. The standard InChI is InChI=1S/C18H16N6OS/c25-18-20-13(23-24-18)8-19-16-14-12(10-4-2-1-3-5-10)9-26-17(14)22-15(21-16)11-6-7-11/h1-5,9,11H,6-8H2,(H,19,21,22)(H2,20,23,24,25). The number of hydrogen-bond donors (Lipinski definition) is 3. The minimum absolute atomic E-state index is 0.311. The van der Waals surface area contributed by atoms with Crippen molar-refractivity contribution in [2.45, 2.75) is 25.3 Å². The number of rotatable bonds is 5. The van der Waals surface area contributed by atoms with E-state index in [1.165, 1.54) is 0 Å². The highest BCUT2D eigenvalue weighted by Crippen LogP contribution is 2.42. The minimum Gasteiger partial charge on any atom is -0.362 e. The number of anilines is 1. The molecule has 26 heavy (non-hydrogen) atoms. The van der Waals surface area contributed by atoms with E-state index in [0.717, 1.165) is 45.8 Å². The molecule has 0 radical (unpaired) electrons. The quantitative estimate of drug-likeness (QED) is 0.505. The number of fused-ring (bicyclic) bond motifs is 1. The first kappa shape index (κ1) is 15.3. The van der Waals surface area contributed by atoms with Gasteiger partial charge in [0.2, 0.25) is 0 Å². The van der Waals surface area contributed by atoms with Gasteiger partial charge in [0, 0.05) is 16.9 Å². The first-order chi connectivity index (χ1) is 12.8. The van der Waals surface area contributed by atoms with Crippen LogP contribution in [0.25, 0.3) is 21.3 Å². The molecule has 5 rings (SSSR count). The topological polar surface area (TPSA) is 99.3 Å². The molecule has 3 N–H and O–H groups in total. The van der Waals surface area contributed by atoms with Crippen LogP contribution in [-0.2, 0) is 6.54 Å². The predicted molar refractivity (Wildman–Crippen MR) is 101 cm³/mol. The van der Waals surface area contributed by atoms with Crippen LogP contribution in [-0.4, -0.2) is 25.1 Å². The van der Waals surface area contributed by atoms with Crippen LogP contribution in [0.4, 0.5) is 5.82 Å². The Morgan fingerprint density at radius 2 is 2.04 bits per heavy atom. The summed E-state index contributed by atoms with van der Waals surface area (Å²) >= 11 is 1.64. The SMILES string of the molecule is O=c1[nH]nc(CNc2nc(C3CC3)nc3scc(-c4ccccc4)c23)[nH]1. The van der Waals surface area contributed by atoms with Gasteiger partial charge in [0.15, 0.2) is 0 Å². The Kier molecular flexibility index (Phi) is 3.56. The molecule has 3 aromatic heterocycles. The molecule has 0 amide bonds. The molecule has 1 fully saturated rings. The van der Waals surface area contributed by atoms with Crippen LogP contribution in [0, 0.1) is 0 Å². The van der Waals surface area contributed by atoms with Crippen molar-refractivity contribution < 1.29 is 0 Å². The average Bonchev–Trinajstić information content (AvgIpc) is 3.30. The molecular weight excluding hydrogens is 348 g/mol. The zero-order valence-electron chi connectivity index (χ0n) is 13.8. The fraction of sp³-hybridized carbons (Fsp3) is 0.222. The lowest BCUT2D eigenvalue weighted by Gasteiger charge is -2.09. The summed E-state index contributed by atoms with van der Waals surface area (Å²) in [6.07, 6.45) is 2.29. The van der Waals surface area contributed by atoms with Crippen molar-refractivity contribution in [2.75, 3.05) is 5.32 Å². The smallest absolute Gasteiger partial charge is 0.340 e. The van der Waals surface area contributed by atoms with Crippen molar-refractivity contribution in [1.82, 2.24) is 25.1 Å². The Morgan fingerprint density at radius 1 is 1.19 bits per heavy atom. The summed E-state index contributed by atoms with van der Waals surface area (Å²) in [6.45, 7) is 0.388. The van der Waals surface area contributed by atoms with E-state index in [2.05, 4.69) is 38.0 Å². The van der Waals surface area contributed by atoms with Crippen molar-refractivity contribution in [3.8, 4) is 11.1 Å². The molecule has 0 unspecified atom stereocenters. The lowest BCUT2D eigenvalue weighted by molar-refractivity contribution is 0.921.